The predicted octanol–water partition coefficient (Wildman–Crippen LogP) is 8.55. The number of ether oxygens (including phenoxy) is 3. The van der Waals surface area contributed by atoms with E-state index < -0.39 is 6.09 Å². The van der Waals surface area contributed by atoms with E-state index in [4.69, 9.17) is 14.2 Å². The minimum atomic E-state index is -0.404. The van der Waals surface area contributed by atoms with Gasteiger partial charge in [-0.1, -0.05) is 106 Å². The molecule has 45 heavy (non-hydrogen) atoms. The van der Waals surface area contributed by atoms with E-state index in [0.717, 1.165) is 49.0 Å². The lowest BCUT2D eigenvalue weighted by atomic mass is 9.98. The molecule has 3 aromatic rings. The van der Waals surface area contributed by atoms with Gasteiger partial charge in [-0.2, -0.15) is 0 Å². The third kappa shape index (κ3) is 10.8. The van der Waals surface area contributed by atoms with Gasteiger partial charge in [0.25, 0.3) is 0 Å². The monoisotopic (exact) mass is 614 g/mol. The van der Waals surface area contributed by atoms with Gasteiger partial charge in [0, 0.05) is 33.0 Å². The van der Waals surface area contributed by atoms with Crippen LogP contribution in [-0.2, 0) is 22.3 Å². The second kappa shape index (κ2) is 18.1. The minimum Gasteiger partial charge on any atom is -0.493 e. The molecule has 0 unspecified atom stereocenters. The number of hydrogen-bond acceptors (Lipinski definition) is 5. The minimum absolute atomic E-state index is 0.140. The van der Waals surface area contributed by atoms with Gasteiger partial charge in [-0.25, -0.2) is 9.59 Å². The third-order valence-corrected chi connectivity index (χ3v) is 8.37. The zero-order chi connectivity index (χ0) is 31.9. The number of hydrogen-bond donors (Lipinski definition) is 0. The van der Waals surface area contributed by atoms with Gasteiger partial charge in [0.15, 0.2) is 0 Å². The van der Waals surface area contributed by atoms with Crippen LogP contribution in [0.3, 0.4) is 0 Å². The zero-order valence-corrected chi connectivity index (χ0v) is 27.3. The molecular weight excluding hydrogens is 564 g/mol. The Balaban J connectivity index is 1.39. The molecule has 2 amide bonds. The number of carbonyl (C=O) groups is 2. The number of rotatable bonds is 16. The lowest BCUT2D eigenvalue weighted by Crippen LogP contribution is -2.38. The maximum Gasteiger partial charge on any atom is 0.410 e. The number of unbranched alkanes of at least 4 members (excludes halogenated alkanes) is 5. The normalized spacial score (nSPS) is 15.9. The summed E-state index contributed by atoms with van der Waals surface area (Å²) in [7, 11) is 3.32. The van der Waals surface area contributed by atoms with Crippen molar-refractivity contribution >= 4 is 12.2 Å². The third-order valence-electron chi connectivity index (χ3n) is 8.37. The zero-order valence-electron chi connectivity index (χ0n) is 27.3. The van der Waals surface area contributed by atoms with Crippen LogP contribution in [0.2, 0.25) is 0 Å². The Kier molecular flexibility index (Phi) is 13.6. The van der Waals surface area contributed by atoms with Crippen molar-refractivity contribution in [3.05, 3.63) is 90.0 Å². The molecule has 1 fully saturated rings. The molecule has 7 nitrogen and oxygen atoms in total. The number of aryl methyl sites for hydroxylation is 2. The number of benzene rings is 3. The summed E-state index contributed by atoms with van der Waals surface area (Å²) in [6, 6.07) is 27.1. The predicted molar refractivity (Wildman–Crippen MR) is 180 cm³/mol. The molecule has 0 bridgehead atoms. The molecule has 0 N–H and O–H groups in total. The molecule has 0 saturated carbocycles. The number of nitrogens with zero attached hydrogens (tertiary/aromatic N) is 2. The highest BCUT2D eigenvalue weighted by atomic mass is 16.6. The summed E-state index contributed by atoms with van der Waals surface area (Å²) in [4.78, 5) is 28.6. The number of likely N-dealkylation sites (tertiary alicyclic amines) is 1. The molecule has 2 atom stereocenters. The highest BCUT2D eigenvalue weighted by Gasteiger charge is 2.38. The SMILES string of the molecule is CCCCCCCCOC(=O)N1C[C@H](OC(=O)N(C)C)C[C@H]1CCOc1ccc(-c2ccccc2)cc1CCc1ccccc1. The van der Waals surface area contributed by atoms with Gasteiger partial charge in [-0.15, -0.1) is 0 Å². The van der Waals surface area contributed by atoms with E-state index in [1.165, 1.54) is 35.3 Å². The van der Waals surface area contributed by atoms with Gasteiger partial charge in [0.1, 0.15) is 11.9 Å². The molecule has 1 heterocycles. The fourth-order valence-corrected chi connectivity index (χ4v) is 5.78. The standard InChI is InChI=1S/C38H50N2O5/c1-4-5-6-7-8-15-25-44-38(42)40-29-35(45-37(41)39(2)3)28-34(40)24-26-43-36-23-22-32(31-18-13-10-14-19-31)27-33(36)21-20-30-16-11-9-12-17-30/h9-14,16-19,22-23,27,34-35H,4-8,15,20-21,24-26,28-29H2,1-3H3/t34-,35-/m1/s1. The molecule has 0 aromatic heterocycles. The topological polar surface area (TPSA) is 68.3 Å². The van der Waals surface area contributed by atoms with Crippen LogP contribution < -0.4 is 4.74 Å². The van der Waals surface area contributed by atoms with E-state index in [1.807, 2.05) is 12.1 Å². The summed E-state index contributed by atoms with van der Waals surface area (Å²) >= 11 is 0. The maximum absolute atomic E-state index is 13.1. The summed E-state index contributed by atoms with van der Waals surface area (Å²) in [5.41, 5.74) is 4.77. The van der Waals surface area contributed by atoms with Crippen molar-refractivity contribution in [3.8, 4) is 16.9 Å². The van der Waals surface area contributed by atoms with Gasteiger partial charge in [-0.05, 0) is 53.6 Å². The molecule has 3 aromatic carbocycles. The summed E-state index contributed by atoms with van der Waals surface area (Å²) in [6.07, 6.45) is 8.58. The Bertz CT molecular complexity index is 1310. The molecule has 0 radical (unpaired) electrons. The van der Waals surface area contributed by atoms with Gasteiger partial charge in [0.2, 0.25) is 0 Å². The molecule has 1 aliphatic rings. The number of amides is 2. The Morgan fingerprint density at radius 3 is 2.27 bits per heavy atom. The molecule has 0 aliphatic carbocycles. The van der Waals surface area contributed by atoms with Gasteiger partial charge in [0.05, 0.1) is 19.8 Å². The van der Waals surface area contributed by atoms with Gasteiger partial charge >= 0.3 is 12.2 Å². The van der Waals surface area contributed by atoms with Crippen molar-refractivity contribution in [2.24, 2.45) is 0 Å². The largest absolute Gasteiger partial charge is 0.493 e. The fraction of sp³-hybridized carbons (Fsp3) is 0.474. The highest BCUT2D eigenvalue weighted by molar-refractivity contribution is 5.70. The second-order valence-electron chi connectivity index (χ2n) is 12.1. The average Bonchev–Trinajstić information content (AvgIpc) is 3.46. The molecule has 1 aliphatic heterocycles. The average molecular weight is 615 g/mol. The fourth-order valence-electron chi connectivity index (χ4n) is 5.78. The summed E-state index contributed by atoms with van der Waals surface area (Å²) in [5, 5.41) is 0. The van der Waals surface area contributed by atoms with Crippen LogP contribution in [0.25, 0.3) is 11.1 Å². The highest BCUT2D eigenvalue weighted by Crippen LogP contribution is 2.30. The first-order valence-corrected chi connectivity index (χ1v) is 16.6. The van der Waals surface area contributed by atoms with Crippen LogP contribution in [0.15, 0.2) is 78.9 Å². The molecule has 4 rings (SSSR count). The van der Waals surface area contributed by atoms with Crippen LogP contribution in [0.1, 0.15) is 69.4 Å². The lowest BCUT2D eigenvalue weighted by Gasteiger charge is -2.24. The molecule has 242 valence electrons. The van der Waals surface area contributed by atoms with E-state index in [9.17, 15) is 9.59 Å². The van der Waals surface area contributed by atoms with Gasteiger partial charge in [-0.3, -0.25) is 0 Å². The van der Waals surface area contributed by atoms with Crippen molar-refractivity contribution in [2.45, 2.75) is 83.3 Å². The number of carbonyl (C=O) groups excluding carboxylic acids is 2. The van der Waals surface area contributed by atoms with Crippen LogP contribution in [-0.4, -0.2) is 68.0 Å². The van der Waals surface area contributed by atoms with E-state index >= 15 is 0 Å². The smallest absolute Gasteiger partial charge is 0.410 e. The van der Waals surface area contributed by atoms with Crippen LogP contribution in [0.5, 0.6) is 5.75 Å². The molecule has 7 heteroatoms. The molecule has 0 spiro atoms. The van der Waals surface area contributed by atoms with E-state index in [2.05, 4.69) is 73.7 Å². The summed E-state index contributed by atoms with van der Waals surface area (Å²) in [6.45, 7) is 3.37. The van der Waals surface area contributed by atoms with Crippen molar-refractivity contribution in [1.82, 2.24) is 9.80 Å². The van der Waals surface area contributed by atoms with E-state index in [0.29, 0.717) is 32.6 Å². The van der Waals surface area contributed by atoms with Crippen molar-refractivity contribution in [2.75, 3.05) is 33.9 Å². The van der Waals surface area contributed by atoms with Crippen LogP contribution in [0, 0.1) is 0 Å². The lowest BCUT2D eigenvalue weighted by molar-refractivity contribution is 0.0704. The van der Waals surface area contributed by atoms with Crippen molar-refractivity contribution in [3.63, 3.8) is 0 Å². The van der Waals surface area contributed by atoms with Crippen molar-refractivity contribution < 1.29 is 23.8 Å². The van der Waals surface area contributed by atoms with E-state index in [1.54, 1.807) is 19.0 Å². The Morgan fingerprint density at radius 2 is 1.53 bits per heavy atom. The second-order valence-corrected chi connectivity index (χ2v) is 12.1. The Labute approximate surface area is 269 Å². The van der Waals surface area contributed by atoms with Crippen molar-refractivity contribution in [1.29, 1.82) is 0 Å². The first-order chi connectivity index (χ1) is 21.9. The van der Waals surface area contributed by atoms with E-state index in [-0.39, 0.29) is 18.2 Å². The Hall–Kier alpha value is -4.00. The molecule has 1 saturated heterocycles. The first kappa shape index (κ1) is 33.9. The van der Waals surface area contributed by atoms with Crippen LogP contribution in [0.4, 0.5) is 9.59 Å². The first-order valence-electron chi connectivity index (χ1n) is 16.6. The van der Waals surface area contributed by atoms with Gasteiger partial charge < -0.3 is 24.0 Å². The summed E-state index contributed by atoms with van der Waals surface area (Å²) < 4.78 is 17.8. The summed E-state index contributed by atoms with van der Waals surface area (Å²) in [5.74, 6) is 0.858. The Morgan fingerprint density at radius 1 is 0.822 bits per heavy atom. The van der Waals surface area contributed by atoms with Crippen LogP contribution >= 0.6 is 0 Å². The molecular formula is C38H50N2O5. The quantitative estimate of drug-likeness (QED) is 0.151. The maximum atomic E-state index is 13.1.